The van der Waals surface area contributed by atoms with Crippen molar-refractivity contribution in [3.8, 4) is 17.1 Å². The lowest BCUT2D eigenvalue weighted by atomic mass is 10.1. The predicted molar refractivity (Wildman–Crippen MR) is 88.1 cm³/mol. The molecule has 0 amide bonds. The summed E-state index contributed by atoms with van der Waals surface area (Å²) in [6.45, 7) is 0. The van der Waals surface area contributed by atoms with E-state index in [1.54, 1.807) is 19.2 Å². The van der Waals surface area contributed by atoms with Gasteiger partial charge >= 0.3 is 0 Å². The summed E-state index contributed by atoms with van der Waals surface area (Å²) < 4.78 is 6.18. The minimum absolute atomic E-state index is 0.393. The van der Waals surface area contributed by atoms with Gasteiger partial charge in [0.05, 0.1) is 18.3 Å². The van der Waals surface area contributed by atoms with Gasteiger partial charge in [-0.25, -0.2) is 9.97 Å². The number of aromatic nitrogens is 2. The quantitative estimate of drug-likeness (QED) is 0.697. The number of benzene rings is 2. The normalized spacial score (nSPS) is 10.8. The largest absolute Gasteiger partial charge is 0.495 e. The van der Waals surface area contributed by atoms with Gasteiger partial charge in [-0.05, 0) is 18.2 Å². The summed E-state index contributed by atoms with van der Waals surface area (Å²) in [6.07, 6.45) is 0. The van der Waals surface area contributed by atoms with Gasteiger partial charge in [0.2, 0.25) is 0 Å². The number of nitrogens with two attached hydrogens (primary N) is 2. The average molecular weight is 345 g/mol. The molecule has 0 bridgehead atoms. The maximum atomic E-state index is 6.03. The molecule has 3 aromatic rings. The Morgan fingerprint density at radius 2 is 1.90 bits per heavy atom. The minimum atomic E-state index is 0.393. The molecule has 3 rings (SSSR count). The summed E-state index contributed by atoms with van der Waals surface area (Å²) in [4.78, 5) is 8.91. The minimum Gasteiger partial charge on any atom is -0.495 e. The lowest BCUT2D eigenvalue weighted by Crippen LogP contribution is -2.00. The highest BCUT2D eigenvalue weighted by Crippen LogP contribution is 2.31. The first kappa shape index (κ1) is 13.6. The van der Waals surface area contributed by atoms with Gasteiger partial charge in [0.1, 0.15) is 11.6 Å². The molecule has 0 radical (unpaired) electrons. The van der Waals surface area contributed by atoms with Crippen molar-refractivity contribution in [2.24, 2.45) is 0 Å². The predicted octanol–water partition coefficient (Wildman–Crippen LogP) is 3.23. The number of anilines is 2. The fourth-order valence-electron chi connectivity index (χ4n) is 2.13. The Kier molecular flexibility index (Phi) is 3.39. The van der Waals surface area contributed by atoms with E-state index in [4.69, 9.17) is 16.2 Å². The third kappa shape index (κ3) is 2.50. The van der Waals surface area contributed by atoms with Gasteiger partial charge in [0, 0.05) is 21.5 Å². The van der Waals surface area contributed by atoms with E-state index in [1.807, 2.05) is 24.3 Å². The SMILES string of the molecule is COc1cc2nc(-c3cccc(Br)c3)nc(N)c2cc1N. The maximum absolute atomic E-state index is 6.03. The van der Waals surface area contributed by atoms with E-state index in [0.717, 1.165) is 10.0 Å². The van der Waals surface area contributed by atoms with Crippen LogP contribution in [0.3, 0.4) is 0 Å². The van der Waals surface area contributed by atoms with E-state index in [9.17, 15) is 0 Å². The fourth-order valence-corrected chi connectivity index (χ4v) is 2.53. The van der Waals surface area contributed by atoms with Crippen LogP contribution in [0.1, 0.15) is 0 Å². The number of nitrogens with zero attached hydrogens (tertiary/aromatic N) is 2. The van der Waals surface area contributed by atoms with Crippen LogP contribution in [-0.2, 0) is 0 Å². The molecule has 2 aromatic carbocycles. The summed E-state index contributed by atoms with van der Waals surface area (Å²) in [7, 11) is 1.57. The van der Waals surface area contributed by atoms with Crippen molar-refractivity contribution >= 4 is 38.3 Å². The first-order chi connectivity index (χ1) is 10.1. The number of nitrogen functional groups attached to an aromatic ring is 2. The van der Waals surface area contributed by atoms with Crippen molar-refractivity contribution in [2.75, 3.05) is 18.6 Å². The second kappa shape index (κ2) is 5.21. The Bertz CT molecular complexity index is 835. The van der Waals surface area contributed by atoms with Gasteiger partial charge in [-0.2, -0.15) is 0 Å². The van der Waals surface area contributed by atoms with Crippen LogP contribution in [0.5, 0.6) is 5.75 Å². The van der Waals surface area contributed by atoms with E-state index in [2.05, 4.69) is 25.9 Å². The molecular formula is C15H13BrN4O. The molecule has 106 valence electrons. The number of hydrogen-bond donors (Lipinski definition) is 2. The highest BCUT2D eigenvalue weighted by molar-refractivity contribution is 9.10. The summed E-state index contributed by atoms with van der Waals surface area (Å²) in [5, 5.41) is 0.715. The van der Waals surface area contributed by atoms with Crippen molar-refractivity contribution in [3.63, 3.8) is 0 Å². The summed E-state index contributed by atoms with van der Waals surface area (Å²) in [5.41, 5.74) is 14.0. The molecule has 1 heterocycles. The smallest absolute Gasteiger partial charge is 0.162 e. The molecule has 0 saturated heterocycles. The number of halogens is 1. The lowest BCUT2D eigenvalue weighted by Gasteiger charge is -2.09. The van der Waals surface area contributed by atoms with Gasteiger partial charge in [0.25, 0.3) is 0 Å². The van der Waals surface area contributed by atoms with Crippen LogP contribution in [0.2, 0.25) is 0 Å². The van der Waals surface area contributed by atoms with E-state index in [0.29, 0.717) is 34.0 Å². The topological polar surface area (TPSA) is 87.0 Å². The molecule has 0 aliphatic heterocycles. The van der Waals surface area contributed by atoms with E-state index in [-0.39, 0.29) is 0 Å². The molecule has 0 atom stereocenters. The molecule has 0 unspecified atom stereocenters. The Morgan fingerprint density at radius 1 is 1.10 bits per heavy atom. The molecule has 21 heavy (non-hydrogen) atoms. The van der Waals surface area contributed by atoms with Crippen molar-refractivity contribution in [1.82, 2.24) is 9.97 Å². The lowest BCUT2D eigenvalue weighted by molar-refractivity contribution is 0.417. The number of hydrogen-bond acceptors (Lipinski definition) is 5. The Morgan fingerprint density at radius 3 is 2.62 bits per heavy atom. The number of methoxy groups -OCH3 is 1. The molecular weight excluding hydrogens is 332 g/mol. The zero-order valence-corrected chi connectivity index (χ0v) is 12.9. The molecule has 6 heteroatoms. The van der Waals surface area contributed by atoms with Gasteiger partial charge in [-0.1, -0.05) is 28.1 Å². The summed E-state index contributed by atoms with van der Waals surface area (Å²) in [6, 6.07) is 11.2. The Labute approximate surface area is 130 Å². The van der Waals surface area contributed by atoms with Crippen LogP contribution >= 0.6 is 15.9 Å². The van der Waals surface area contributed by atoms with Gasteiger partial charge in [0.15, 0.2) is 5.82 Å². The van der Waals surface area contributed by atoms with Crippen molar-refractivity contribution in [1.29, 1.82) is 0 Å². The standard InChI is InChI=1S/C15H13BrN4O/c1-21-13-7-12-10(6-11(13)17)14(18)20-15(19-12)8-3-2-4-9(16)5-8/h2-7H,17H2,1H3,(H2,18,19,20). The molecule has 0 aliphatic rings. The van der Waals surface area contributed by atoms with Crippen molar-refractivity contribution < 1.29 is 4.74 Å². The zero-order valence-electron chi connectivity index (χ0n) is 11.3. The van der Waals surface area contributed by atoms with Gasteiger partial charge in [-0.15, -0.1) is 0 Å². The molecule has 0 aliphatic carbocycles. The second-order valence-electron chi connectivity index (χ2n) is 4.55. The average Bonchev–Trinajstić information content (AvgIpc) is 2.47. The Hall–Kier alpha value is -2.34. The van der Waals surface area contributed by atoms with Gasteiger partial charge < -0.3 is 16.2 Å². The number of rotatable bonds is 2. The van der Waals surface area contributed by atoms with Crippen molar-refractivity contribution in [2.45, 2.75) is 0 Å². The van der Waals surface area contributed by atoms with E-state index >= 15 is 0 Å². The molecule has 4 N–H and O–H groups in total. The van der Waals surface area contributed by atoms with Crippen LogP contribution in [0.4, 0.5) is 11.5 Å². The van der Waals surface area contributed by atoms with Crippen LogP contribution in [-0.4, -0.2) is 17.1 Å². The monoisotopic (exact) mass is 344 g/mol. The molecule has 1 aromatic heterocycles. The molecule has 0 fully saturated rings. The fraction of sp³-hybridized carbons (Fsp3) is 0.0667. The first-order valence-corrected chi connectivity index (χ1v) is 7.04. The Balaban J connectivity index is 2.24. The van der Waals surface area contributed by atoms with E-state index < -0.39 is 0 Å². The summed E-state index contributed by atoms with van der Waals surface area (Å²) in [5.74, 6) is 1.53. The van der Waals surface area contributed by atoms with Crippen LogP contribution in [0, 0.1) is 0 Å². The molecule has 5 nitrogen and oxygen atoms in total. The maximum Gasteiger partial charge on any atom is 0.162 e. The number of fused-ring (bicyclic) bond motifs is 1. The summed E-state index contributed by atoms with van der Waals surface area (Å²) >= 11 is 3.44. The number of ether oxygens (including phenoxy) is 1. The highest BCUT2D eigenvalue weighted by atomic mass is 79.9. The molecule has 0 saturated carbocycles. The van der Waals surface area contributed by atoms with Crippen LogP contribution in [0.25, 0.3) is 22.3 Å². The molecule has 0 spiro atoms. The first-order valence-electron chi connectivity index (χ1n) is 6.25. The van der Waals surface area contributed by atoms with Crippen LogP contribution < -0.4 is 16.2 Å². The third-order valence-corrected chi connectivity index (χ3v) is 3.65. The third-order valence-electron chi connectivity index (χ3n) is 3.16. The van der Waals surface area contributed by atoms with Crippen LogP contribution in [0.15, 0.2) is 40.9 Å². The van der Waals surface area contributed by atoms with E-state index in [1.165, 1.54) is 0 Å². The second-order valence-corrected chi connectivity index (χ2v) is 5.47. The van der Waals surface area contributed by atoms with Gasteiger partial charge in [-0.3, -0.25) is 0 Å². The highest BCUT2D eigenvalue weighted by Gasteiger charge is 2.11. The zero-order chi connectivity index (χ0) is 15.0. The van der Waals surface area contributed by atoms with Crippen molar-refractivity contribution in [3.05, 3.63) is 40.9 Å².